The molecule has 5 nitrogen and oxygen atoms in total. The lowest BCUT2D eigenvalue weighted by Gasteiger charge is -2.11. The van der Waals surface area contributed by atoms with Crippen molar-refractivity contribution in [1.82, 2.24) is 5.32 Å². The number of nitrogens with one attached hydrogen (secondary N) is 1. The van der Waals surface area contributed by atoms with Crippen LogP contribution in [-0.2, 0) is 16.0 Å². The summed E-state index contributed by atoms with van der Waals surface area (Å²) in [6, 6.07) is 8.76. The Hall–Kier alpha value is -1.88. The van der Waals surface area contributed by atoms with Crippen LogP contribution in [0.5, 0.6) is 0 Å². The first kappa shape index (κ1) is 18.1. The summed E-state index contributed by atoms with van der Waals surface area (Å²) in [5, 5.41) is 2.36. The van der Waals surface area contributed by atoms with Gasteiger partial charge in [-0.15, -0.1) is 0 Å². The molecule has 0 fully saturated rings. The van der Waals surface area contributed by atoms with Crippen LogP contribution >= 0.6 is 0 Å². The molecule has 0 saturated heterocycles. The fourth-order valence-corrected chi connectivity index (χ4v) is 1.27. The summed E-state index contributed by atoms with van der Waals surface area (Å²) in [4.78, 5) is 21.9. The Balaban J connectivity index is 0.000000796. The molecule has 0 spiro atoms. The van der Waals surface area contributed by atoms with Gasteiger partial charge in [0, 0.05) is 0 Å². The van der Waals surface area contributed by atoms with E-state index in [1.54, 1.807) is 0 Å². The fraction of sp³-hybridized carbons (Fsp3) is 0.467. The second-order valence-corrected chi connectivity index (χ2v) is 5.21. The minimum absolute atomic E-state index is 0.179. The molecule has 1 unspecified atom stereocenters. The van der Waals surface area contributed by atoms with Crippen LogP contribution in [0.1, 0.15) is 26.3 Å². The van der Waals surface area contributed by atoms with Crippen LogP contribution in [0.15, 0.2) is 30.3 Å². The van der Waals surface area contributed by atoms with Gasteiger partial charge in [0.1, 0.15) is 0 Å². The molecule has 112 valence electrons. The van der Waals surface area contributed by atoms with Gasteiger partial charge in [-0.2, -0.15) is 0 Å². The van der Waals surface area contributed by atoms with Crippen molar-refractivity contribution >= 4 is 11.8 Å². The van der Waals surface area contributed by atoms with Crippen molar-refractivity contribution in [3.8, 4) is 0 Å². The molecule has 0 aliphatic carbocycles. The zero-order chi connectivity index (χ0) is 15.5. The molecule has 0 radical (unpaired) electrons. The summed E-state index contributed by atoms with van der Waals surface area (Å²) in [6.45, 7) is 6.32. The standard InChI is InChI=1S/C11H15N3O2.C4H10/c12-9(11(16)14-7-10(13)15)6-8-4-2-1-3-5-8;1-4(2)3/h1-5,9H,6-7,12H2,(H2,13,15)(H,14,16);4H,1-3H3. The van der Waals surface area contributed by atoms with Crippen molar-refractivity contribution in [3.63, 3.8) is 0 Å². The van der Waals surface area contributed by atoms with Gasteiger partial charge >= 0.3 is 0 Å². The molecule has 5 heteroatoms. The number of hydrogen-bond acceptors (Lipinski definition) is 3. The van der Waals surface area contributed by atoms with E-state index in [0.29, 0.717) is 6.42 Å². The largest absolute Gasteiger partial charge is 0.368 e. The SMILES string of the molecule is CC(C)C.NC(=O)CNC(=O)C(N)Cc1ccccc1. The quantitative estimate of drug-likeness (QED) is 0.744. The predicted molar refractivity (Wildman–Crippen MR) is 80.8 cm³/mol. The molecule has 0 aliphatic rings. The Morgan fingerprint density at radius 1 is 1.15 bits per heavy atom. The lowest BCUT2D eigenvalue weighted by molar-refractivity contribution is -0.125. The second-order valence-electron chi connectivity index (χ2n) is 5.21. The summed E-state index contributed by atoms with van der Waals surface area (Å²) in [5.41, 5.74) is 11.5. The first-order chi connectivity index (χ1) is 9.32. The Labute approximate surface area is 120 Å². The lowest BCUT2D eigenvalue weighted by atomic mass is 10.1. The zero-order valence-corrected chi connectivity index (χ0v) is 12.4. The normalized spacial score (nSPS) is 11.2. The maximum absolute atomic E-state index is 11.4. The number of primary amides is 1. The summed E-state index contributed by atoms with van der Waals surface area (Å²) in [5.74, 6) is -0.122. The van der Waals surface area contributed by atoms with Crippen molar-refractivity contribution < 1.29 is 9.59 Å². The van der Waals surface area contributed by atoms with Crippen LogP contribution in [0.4, 0.5) is 0 Å². The predicted octanol–water partition coefficient (Wildman–Crippen LogP) is 0.820. The highest BCUT2D eigenvalue weighted by atomic mass is 16.2. The van der Waals surface area contributed by atoms with Crippen LogP contribution in [0.3, 0.4) is 0 Å². The summed E-state index contributed by atoms with van der Waals surface area (Å²) in [7, 11) is 0. The number of nitrogens with two attached hydrogens (primary N) is 2. The summed E-state index contributed by atoms with van der Waals surface area (Å²) in [6.07, 6.45) is 0.436. The molecule has 0 aliphatic heterocycles. The summed E-state index contributed by atoms with van der Waals surface area (Å²) < 4.78 is 0. The van der Waals surface area contributed by atoms with Gasteiger partial charge in [-0.1, -0.05) is 51.1 Å². The summed E-state index contributed by atoms with van der Waals surface area (Å²) >= 11 is 0. The highest BCUT2D eigenvalue weighted by Gasteiger charge is 2.13. The Kier molecular flexibility index (Phi) is 9.04. The van der Waals surface area contributed by atoms with Gasteiger partial charge < -0.3 is 16.8 Å². The van der Waals surface area contributed by atoms with Gasteiger partial charge in [0.15, 0.2) is 0 Å². The lowest BCUT2D eigenvalue weighted by Crippen LogP contribution is -2.44. The number of hydrogen-bond donors (Lipinski definition) is 3. The third-order valence-corrected chi connectivity index (χ3v) is 2.07. The van der Waals surface area contributed by atoms with E-state index in [1.165, 1.54) is 0 Å². The minimum Gasteiger partial charge on any atom is -0.368 e. The van der Waals surface area contributed by atoms with E-state index in [9.17, 15) is 9.59 Å². The van der Waals surface area contributed by atoms with E-state index in [4.69, 9.17) is 11.5 Å². The molecule has 0 aromatic heterocycles. The first-order valence-electron chi connectivity index (χ1n) is 6.68. The van der Waals surface area contributed by atoms with Gasteiger partial charge in [-0.25, -0.2) is 0 Å². The minimum atomic E-state index is -0.665. The molecule has 2 amide bonds. The highest BCUT2D eigenvalue weighted by Crippen LogP contribution is 2.01. The Morgan fingerprint density at radius 2 is 1.65 bits per heavy atom. The first-order valence-corrected chi connectivity index (χ1v) is 6.68. The molecule has 1 aromatic carbocycles. The van der Waals surface area contributed by atoms with E-state index in [2.05, 4.69) is 26.1 Å². The maximum atomic E-state index is 11.4. The molecule has 0 heterocycles. The number of carbonyl (C=O) groups excluding carboxylic acids is 2. The molecule has 20 heavy (non-hydrogen) atoms. The number of amides is 2. The van der Waals surface area contributed by atoms with E-state index >= 15 is 0 Å². The molecule has 1 atom stereocenters. The third kappa shape index (κ3) is 10.1. The average molecular weight is 279 g/mol. The van der Waals surface area contributed by atoms with E-state index in [1.807, 2.05) is 30.3 Å². The molecular weight excluding hydrogens is 254 g/mol. The van der Waals surface area contributed by atoms with Crippen LogP contribution in [-0.4, -0.2) is 24.4 Å². The van der Waals surface area contributed by atoms with Crippen molar-refractivity contribution in [2.24, 2.45) is 17.4 Å². The highest BCUT2D eigenvalue weighted by molar-refractivity contribution is 5.86. The number of carbonyl (C=O) groups is 2. The molecule has 0 saturated carbocycles. The second kappa shape index (κ2) is 9.97. The van der Waals surface area contributed by atoms with Crippen LogP contribution in [0, 0.1) is 5.92 Å². The topological polar surface area (TPSA) is 98.2 Å². The Bertz CT molecular complexity index is 402. The number of rotatable bonds is 5. The Morgan fingerprint density at radius 3 is 2.10 bits per heavy atom. The molecule has 5 N–H and O–H groups in total. The fourth-order valence-electron chi connectivity index (χ4n) is 1.27. The van der Waals surface area contributed by atoms with Crippen molar-refractivity contribution in [2.45, 2.75) is 33.2 Å². The zero-order valence-electron chi connectivity index (χ0n) is 12.4. The molecule has 0 bridgehead atoms. The van der Waals surface area contributed by atoms with Gasteiger partial charge in [0.25, 0.3) is 0 Å². The smallest absolute Gasteiger partial charge is 0.237 e. The van der Waals surface area contributed by atoms with Crippen LogP contribution in [0.2, 0.25) is 0 Å². The van der Waals surface area contributed by atoms with E-state index < -0.39 is 11.9 Å². The van der Waals surface area contributed by atoms with Crippen molar-refractivity contribution in [1.29, 1.82) is 0 Å². The van der Waals surface area contributed by atoms with E-state index in [-0.39, 0.29) is 12.5 Å². The third-order valence-electron chi connectivity index (χ3n) is 2.07. The van der Waals surface area contributed by atoms with Gasteiger partial charge in [0.05, 0.1) is 12.6 Å². The maximum Gasteiger partial charge on any atom is 0.237 e. The number of benzene rings is 1. The van der Waals surface area contributed by atoms with Gasteiger partial charge in [-0.3, -0.25) is 9.59 Å². The monoisotopic (exact) mass is 279 g/mol. The van der Waals surface area contributed by atoms with Crippen LogP contribution in [0.25, 0.3) is 0 Å². The van der Waals surface area contributed by atoms with Crippen molar-refractivity contribution in [2.75, 3.05) is 6.54 Å². The van der Waals surface area contributed by atoms with E-state index in [0.717, 1.165) is 11.5 Å². The van der Waals surface area contributed by atoms with Gasteiger partial charge in [0.2, 0.25) is 11.8 Å². The molecular formula is C15H25N3O2. The average Bonchev–Trinajstić information content (AvgIpc) is 2.36. The molecule has 1 aromatic rings. The van der Waals surface area contributed by atoms with Gasteiger partial charge in [-0.05, 0) is 17.9 Å². The van der Waals surface area contributed by atoms with Crippen molar-refractivity contribution in [3.05, 3.63) is 35.9 Å². The van der Waals surface area contributed by atoms with Crippen LogP contribution < -0.4 is 16.8 Å². The molecule has 1 rings (SSSR count).